The number of rotatable bonds is 3. The molecule has 4 heteroatoms. The number of alkyl halides is 2. The summed E-state index contributed by atoms with van der Waals surface area (Å²) in [6, 6.07) is 8.13. The molecule has 0 heterocycles. The number of phenolic OH excluding ortho intramolecular Hbond substituents is 1. The lowest BCUT2D eigenvalue weighted by molar-refractivity contribution is -0.0497. The summed E-state index contributed by atoms with van der Waals surface area (Å²) in [7, 11) is 0. The molecular weight excluding hydrogens is 238 g/mol. The van der Waals surface area contributed by atoms with Gasteiger partial charge in [-0.2, -0.15) is 8.78 Å². The average Bonchev–Trinajstić information content (AvgIpc) is 2.26. The van der Waals surface area contributed by atoms with Gasteiger partial charge in [-0.3, -0.25) is 0 Å². The Kier molecular flexibility index (Phi) is 3.36. The zero-order valence-corrected chi connectivity index (χ0v) is 10.2. The van der Waals surface area contributed by atoms with Crippen molar-refractivity contribution in [3.8, 4) is 11.5 Å². The van der Waals surface area contributed by atoms with Gasteiger partial charge in [0.1, 0.15) is 11.5 Å². The predicted octanol–water partition coefficient (Wildman–Crippen LogP) is 4.27. The van der Waals surface area contributed by atoms with Crippen molar-refractivity contribution in [2.75, 3.05) is 0 Å². The van der Waals surface area contributed by atoms with Crippen LogP contribution in [0.4, 0.5) is 8.78 Å². The summed E-state index contributed by atoms with van der Waals surface area (Å²) < 4.78 is 28.5. The van der Waals surface area contributed by atoms with Crippen LogP contribution in [0.2, 0.25) is 0 Å². The molecule has 2 rings (SSSR count). The van der Waals surface area contributed by atoms with E-state index in [0.29, 0.717) is 5.39 Å². The molecule has 0 spiro atoms. The lowest BCUT2D eigenvalue weighted by Crippen LogP contribution is -2.01. The van der Waals surface area contributed by atoms with Gasteiger partial charge in [0.25, 0.3) is 0 Å². The number of ether oxygens (including phenoxy) is 1. The van der Waals surface area contributed by atoms with Crippen LogP contribution in [0.5, 0.6) is 11.5 Å². The van der Waals surface area contributed by atoms with E-state index in [9.17, 15) is 13.9 Å². The first-order valence-electron chi connectivity index (χ1n) is 5.69. The van der Waals surface area contributed by atoms with Gasteiger partial charge in [-0.1, -0.05) is 19.9 Å². The van der Waals surface area contributed by atoms with Crippen LogP contribution in [0, 0.1) is 0 Å². The fourth-order valence-corrected chi connectivity index (χ4v) is 1.92. The molecule has 96 valence electrons. The topological polar surface area (TPSA) is 29.5 Å². The van der Waals surface area contributed by atoms with Gasteiger partial charge < -0.3 is 9.84 Å². The normalized spacial score (nSPS) is 11.4. The summed E-state index contributed by atoms with van der Waals surface area (Å²) >= 11 is 0. The van der Waals surface area contributed by atoms with Crippen molar-refractivity contribution in [1.29, 1.82) is 0 Å². The molecule has 0 unspecified atom stereocenters. The highest BCUT2D eigenvalue weighted by atomic mass is 19.3. The highest BCUT2D eigenvalue weighted by Crippen LogP contribution is 2.32. The van der Waals surface area contributed by atoms with E-state index in [0.717, 1.165) is 10.9 Å². The molecular formula is C14H14F2O2. The van der Waals surface area contributed by atoms with Gasteiger partial charge in [-0.05, 0) is 46.5 Å². The van der Waals surface area contributed by atoms with E-state index in [4.69, 9.17) is 0 Å². The van der Waals surface area contributed by atoms with Gasteiger partial charge in [-0.25, -0.2) is 0 Å². The molecule has 0 radical (unpaired) electrons. The fourth-order valence-electron chi connectivity index (χ4n) is 1.92. The van der Waals surface area contributed by atoms with Gasteiger partial charge in [0, 0.05) is 0 Å². The van der Waals surface area contributed by atoms with Crippen molar-refractivity contribution in [3.05, 3.63) is 35.9 Å². The smallest absolute Gasteiger partial charge is 0.387 e. The van der Waals surface area contributed by atoms with Crippen molar-refractivity contribution >= 4 is 10.8 Å². The Bertz CT molecular complexity index is 565. The molecule has 1 N–H and O–H groups in total. The van der Waals surface area contributed by atoms with Gasteiger partial charge in [-0.15, -0.1) is 0 Å². The highest BCUT2D eigenvalue weighted by Gasteiger charge is 2.09. The molecule has 0 fully saturated rings. The molecule has 0 aliphatic rings. The lowest BCUT2D eigenvalue weighted by Gasteiger charge is -2.11. The molecule has 0 amide bonds. The second-order valence-electron chi connectivity index (χ2n) is 4.45. The van der Waals surface area contributed by atoms with Gasteiger partial charge in [0.15, 0.2) is 0 Å². The molecule has 0 saturated carbocycles. The first-order valence-corrected chi connectivity index (χ1v) is 5.69. The largest absolute Gasteiger partial charge is 0.508 e. The summed E-state index contributed by atoms with van der Waals surface area (Å²) in [5.74, 6) is 0.465. The monoisotopic (exact) mass is 252 g/mol. The maximum absolute atomic E-state index is 12.1. The number of hydrogen-bond acceptors (Lipinski definition) is 2. The molecule has 2 aromatic rings. The molecule has 2 nitrogen and oxygen atoms in total. The van der Waals surface area contributed by atoms with E-state index in [1.807, 2.05) is 19.9 Å². The predicted molar refractivity (Wildman–Crippen MR) is 66.3 cm³/mol. The Morgan fingerprint density at radius 2 is 1.78 bits per heavy atom. The van der Waals surface area contributed by atoms with E-state index < -0.39 is 6.61 Å². The molecule has 0 bridgehead atoms. The SMILES string of the molecule is CC(C)c1cc2ccc(OC(F)F)cc2cc1O. The van der Waals surface area contributed by atoms with Crippen molar-refractivity contribution in [3.63, 3.8) is 0 Å². The van der Waals surface area contributed by atoms with Gasteiger partial charge in [0.2, 0.25) is 0 Å². The standard InChI is InChI=1S/C14H14F2O2/c1-8(2)12-6-9-3-4-11(18-14(15)16)5-10(9)7-13(12)17/h3-8,14,17H,1-2H3. The van der Waals surface area contributed by atoms with Crippen molar-refractivity contribution in [2.45, 2.75) is 26.4 Å². The summed E-state index contributed by atoms with van der Waals surface area (Å²) in [5.41, 5.74) is 0.838. The summed E-state index contributed by atoms with van der Waals surface area (Å²) in [6.07, 6.45) is 0. The maximum atomic E-state index is 12.1. The number of benzene rings is 2. The molecule has 2 aromatic carbocycles. The van der Waals surface area contributed by atoms with Crippen LogP contribution < -0.4 is 4.74 Å². The Hall–Kier alpha value is -1.84. The van der Waals surface area contributed by atoms with Crippen LogP contribution in [-0.4, -0.2) is 11.7 Å². The first kappa shape index (κ1) is 12.6. The van der Waals surface area contributed by atoms with Gasteiger partial charge >= 0.3 is 6.61 Å². The molecule has 18 heavy (non-hydrogen) atoms. The zero-order valence-electron chi connectivity index (χ0n) is 10.2. The minimum absolute atomic E-state index is 0.0918. The number of aromatic hydroxyl groups is 1. The third-order valence-electron chi connectivity index (χ3n) is 2.80. The first-order chi connectivity index (χ1) is 8.47. The van der Waals surface area contributed by atoms with Crippen molar-refractivity contribution < 1.29 is 18.6 Å². The van der Waals surface area contributed by atoms with Crippen LogP contribution in [0.25, 0.3) is 10.8 Å². The average molecular weight is 252 g/mol. The van der Waals surface area contributed by atoms with E-state index >= 15 is 0 Å². The summed E-state index contributed by atoms with van der Waals surface area (Å²) in [5, 5.41) is 11.4. The van der Waals surface area contributed by atoms with E-state index in [-0.39, 0.29) is 17.4 Å². The fraction of sp³-hybridized carbons (Fsp3) is 0.286. The molecule has 0 aliphatic heterocycles. The Labute approximate surface area is 104 Å². The summed E-state index contributed by atoms with van der Waals surface area (Å²) in [6.45, 7) is 1.12. The highest BCUT2D eigenvalue weighted by molar-refractivity contribution is 5.86. The Morgan fingerprint density at radius 3 is 2.39 bits per heavy atom. The van der Waals surface area contributed by atoms with Crippen LogP contribution in [-0.2, 0) is 0 Å². The quantitative estimate of drug-likeness (QED) is 0.883. The number of fused-ring (bicyclic) bond motifs is 1. The third-order valence-corrected chi connectivity index (χ3v) is 2.80. The summed E-state index contributed by atoms with van der Waals surface area (Å²) in [4.78, 5) is 0. The number of phenols is 1. The van der Waals surface area contributed by atoms with Crippen molar-refractivity contribution in [1.82, 2.24) is 0 Å². The van der Waals surface area contributed by atoms with E-state index in [1.54, 1.807) is 12.1 Å². The Morgan fingerprint density at radius 1 is 1.06 bits per heavy atom. The zero-order chi connectivity index (χ0) is 13.3. The van der Waals surface area contributed by atoms with Crippen LogP contribution in [0.3, 0.4) is 0 Å². The minimum Gasteiger partial charge on any atom is -0.508 e. The minimum atomic E-state index is -2.84. The molecule has 0 aliphatic carbocycles. The number of halogens is 2. The maximum Gasteiger partial charge on any atom is 0.387 e. The van der Waals surface area contributed by atoms with Crippen LogP contribution >= 0.6 is 0 Å². The third kappa shape index (κ3) is 2.53. The second kappa shape index (κ2) is 4.80. The molecule has 0 aromatic heterocycles. The molecule has 0 atom stereocenters. The van der Waals surface area contributed by atoms with E-state index in [2.05, 4.69) is 4.74 Å². The second-order valence-corrected chi connectivity index (χ2v) is 4.45. The van der Waals surface area contributed by atoms with Gasteiger partial charge in [0.05, 0.1) is 0 Å². The molecule has 0 saturated heterocycles. The van der Waals surface area contributed by atoms with Crippen molar-refractivity contribution in [2.24, 2.45) is 0 Å². The van der Waals surface area contributed by atoms with Crippen LogP contribution in [0.1, 0.15) is 25.3 Å². The van der Waals surface area contributed by atoms with Crippen LogP contribution in [0.15, 0.2) is 30.3 Å². The Balaban J connectivity index is 2.49. The number of hydrogen-bond donors (Lipinski definition) is 1. The lowest BCUT2D eigenvalue weighted by atomic mass is 9.98. The van der Waals surface area contributed by atoms with E-state index in [1.165, 1.54) is 12.1 Å².